The standard InChI is InChI=1S/C44H28N2O/c1-3-15-33-29(12-1)14-11-22-38(33)46(41-28-30-13-2-4-16-34(30)44-43(41)37-19-7-10-23-42(37)47-44)32-26-24-31(25-27-32)45-39-20-8-5-17-35(39)36-18-6-9-21-40(36)45/h1-28H. The average molecular weight is 601 g/mol. The second-order valence-electron chi connectivity index (χ2n) is 12.1. The lowest BCUT2D eigenvalue weighted by Gasteiger charge is -2.28. The van der Waals surface area contributed by atoms with Crippen LogP contribution in [0, 0.1) is 0 Å². The molecule has 0 atom stereocenters. The lowest BCUT2D eigenvalue weighted by molar-refractivity contribution is 0.672. The molecule has 0 amide bonds. The average Bonchev–Trinajstić information content (AvgIpc) is 3.69. The van der Waals surface area contributed by atoms with Gasteiger partial charge in [-0.1, -0.05) is 115 Å². The number of hydrogen-bond acceptors (Lipinski definition) is 2. The summed E-state index contributed by atoms with van der Waals surface area (Å²) in [6.45, 7) is 0. The van der Waals surface area contributed by atoms with Crippen LogP contribution in [0.4, 0.5) is 17.1 Å². The highest BCUT2D eigenvalue weighted by atomic mass is 16.3. The minimum absolute atomic E-state index is 0.889. The van der Waals surface area contributed by atoms with E-state index >= 15 is 0 Å². The first-order valence-corrected chi connectivity index (χ1v) is 16.0. The normalized spacial score (nSPS) is 11.8. The number of benzene rings is 8. The number of para-hydroxylation sites is 3. The molecule has 8 aromatic carbocycles. The zero-order valence-corrected chi connectivity index (χ0v) is 25.5. The zero-order chi connectivity index (χ0) is 30.9. The van der Waals surface area contributed by atoms with Crippen molar-refractivity contribution >= 4 is 82.4 Å². The molecule has 0 radical (unpaired) electrons. The van der Waals surface area contributed by atoms with Crippen molar-refractivity contribution in [2.75, 3.05) is 4.90 Å². The molecule has 0 saturated carbocycles. The third-order valence-electron chi connectivity index (χ3n) is 9.54. The zero-order valence-electron chi connectivity index (χ0n) is 25.5. The Kier molecular flexibility index (Phi) is 5.57. The highest BCUT2D eigenvalue weighted by Gasteiger charge is 2.23. The van der Waals surface area contributed by atoms with Gasteiger partial charge in [-0.3, -0.25) is 0 Å². The van der Waals surface area contributed by atoms with Crippen LogP contribution in [-0.4, -0.2) is 4.57 Å². The van der Waals surface area contributed by atoms with E-state index in [1.807, 2.05) is 6.07 Å². The molecule has 0 saturated heterocycles. The van der Waals surface area contributed by atoms with E-state index in [0.29, 0.717) is 0 Å². The molecule has 10 rings (SSSR count). The molecule has 47 heavy (non-hydrogen) atoms. The fourth-order valence-corrected chi connectivity index (χ4v) is 7.48. The summed E-state index contributed by atoms with van der Waals surface area (Å²) in [4.78, 5) is 2.41. The summed E-state index contributed by atoms with van der Waals surface area (Å²) in [6.07, 6.45) is 0. The Bertz CT molecular complexity index is 2740. The summed E-state index contributed by atoms with van der Waals surface area (Å²) in [5.74, 6) is 0. The van der Waals surface area contributed by atoms with E-state index in [1.165, 1.54) is 32.6 Å². The molecule has 0 aliphatic carbocycles. The molecular weight excluding hydrogens is 572 g/mol. The summed E-state index contributed by atoms with van der Waals surface area (Å²) in [6, 6.07) is 60.8. The van der Waals surface area contributed by atoms with E-state index in [0.717, 1.165) is 55.5 Å². The van der Waals surface area contributed by atoms with Crippen molar-refractivity contribution in [1.82, 2.24) is 4.57 Å². The molecule has 0 fully saturated rings. The Labute approximate surface area is 271 Å². The van der Waals surface area contributed by atoms with E-state index in [2.05, 4.69) is 173 Å². The van der Waals surface area contributed by atoms with Crippen molar-refractivity contribution in [3.8, 4) is 5.69 Å². The first-order valence-electron chi connectivity index (χ1n) is 16.0. The number of nitrogens with zero attached hydrogens (tertiary/aromatic N) is 2. The Morgan fingerprint density at radius 1 is 0.426 bits per heavy atom. The number of aromatic nitrogens is 1. The van der Waals surface area contributed by atoms with Crippen LogP contribution in [0.5, 0.6) is 0 Å². The topological polar surface area (TPSA) is 21.3 Å². The van der Waals surface area contributed by atoms with Gasteiger partial charge in [-0.25, -0.2) is 0 Å². The molecule has 2 heterocycles. The second-order valence-corrected chi connectivity index (χ2v) is 12.1. The Morgan fingerprint density at radius 3 is 1.74 bits per heavy atom. The van der Waals surface area contributed by atoms with Gasteiger partial charge in [0.2, 0.25) is 0 Å². The first-order chi connectivity index (χ1) is 23.3. The monoisotopic (exact) mass is 600 g/mol. The number of furan rings is 1. The summed E-state index contributed by atoms with van der Waals surface area (Å²) in [7, 11) is 0. The van der Waals surface area contributed by atoms with Crippen molar-refractivity contribution in [3.05, 3.63) is 170 Å². The van der Waals surface area contributed by atoms with Crippen LogP contribution < -0.4 is 4.90 Å². The van der Waals surface area contributed by atoms with E-state index in [4.69, 9.17) is 4.42 Å². The highest BCUT2D eigenvalue weighted by Crippen LogP contribution is 2.47. The molecule has 2 aromatic heterocycles. The third kappa shape index (κ3) is 3.87. The summed E-state index contributed by atoms with van der Waals surface area (Å²) in [5.41, 5.74) is 8.61. The van der Waals surface area contributed by atoms with Crippen molar-refractivity contribution in [2.45, 2.75) is 0 Å². The molecule has 0 spiro atoms. The smallest absolute Gasteiger partial charge is 0.145 e. The van der Waals surface area contributed by atoms with Crippen LogP contribution in [0.1, 0.15) is 0 Å². The number of anilines is 3. The minimum atomic E-state index is 0.889. The van der Waals surface area contributed by atoms with Gasteiger partial charge in [-0.05, 0) is 65.4 Å². The van der Waals surface area contributed by atoms with Crippen LogP contribution >= 0.6 is 0 Å². The Morgan fingerprint density at radius 2 is 1.00 bits per heavy atom. The van der Waals surface area contributed by atoms with Gasteiger partial charge in [0.15, 0.2) is 0 Å². The summed E-state index contributed by atoms with van der Waals surface area (Å²) >= 11 is 0. The SMILES string of the molecule is c1ccc2c(N(c3ccc(-n4c5ccccc5c5ccccc54)cc3)c3cc4ccccc4c4oc5ccccc5c34)cccc2c1. The van der Waals surface area contributed by atoms with Gasteiger partial charge < -0.3 is 13.9 Å². The van der Waals surface area contributed by atoms with E-state index in [9.17, 15) is 0 Å². The maximum atomic E-state index is 6.64. The number of fused-ring (bicyclic) bond motifs is 9. The Balaban J connectivity index is 1.27. The molecule has 0 aliphatic heterocycles. The first kappa shape index (κ1) is 26.0. The van der Waals surface area contributed by atoms with E-state index in [1.54, 1.807) is 0 Å². The van der Waals surface area contributed by atoms with Gasteiger partial charge in [0, 0.05) is 38.3 Å². The minimum Gasteiger partial charge on any atom is -0.455 e. The predicted molar refractivity (Wildman–Crippen MR) is 198 cm³/mol. The van der Waals surface area contributed by atoms with Gasteiger partial charge in [0.25, 0.3) is 0 Å². The molecule has 0 unspecified atom stereocenters. The van der Waals surface area contributed by atoms with Crippen molar-refractivity contribution in [2.24, 2.45) is 0 Å². The molecule has 0 aliphatic rings. The quantitative estimate of drug-likeness (QED) is 0.200. The van der Waals surface area contributed by atoms with Crippen LogP contribution in [0.3, 0.4) is 0 Å². The molecule has 0 bridgehead atoms. The van der Waals surface area contributed by atoms with Gasteiger partial charge in [0.1, 0.15) is 11.2 Å². The maximum absolute atomic E-state index is 6.64. The predicted octanol–water partition coefficient (Wildman–Crippen LogP) is 12.5. The molecule has 10 aromatic rings. The van der Waals surface area contributed by atoms with Gasteiger partial charge in [-0.2, -0.15) is 0 Å². The fraction of sp³-hybridized carbons (Fsp3) is 0. The summed E-state index contributed by atoms with van der Waals surface area (Å²) < 4.78 is 9.01. The second kappa shape index (κ2) is 10.1. The van der Waals surface area contributed by atoms with Crippen LogP contribution in [0.15, 0.2) is 174 Å². The molecular formula is C44H28N2O. The van der Waals surface area contributed by atoms with Crippen LogP contribution in [0.25, 0.3) is 71.0 Å². The number of hydrogen-bond donors (Lipinski definition) is 0. The molecule has 220 valence electrons. The summed E-state index contributed by atoms with van der Waals surface area (Å²) in [5, 5.41) is 9.38. The van der Waals surface area contributed by atoms with Crippen molar-refractivity contribution in [3.63, 3.8) is 0 Å². The highest BCUT2D eigenvalue weighted by molar-refractivity contribution is 6.22. The largest absolute Gasteiger partial charge is 0.455 e. The van der Waals surface area contributed by atoms with Gasteiger partial charge in [-0.15, -0.1) is 0 Å². The third-order valence-corrected chi connectivity index (χ3v) is 9.54. The van der Waals surface area contributed by atoms with Gasteiger partial charge >= 0.3 is 0 Å². The molecule has 3 nitrogen and oxygen atoms in total. The van der Waals surface area contributed by atoms with Crippen LogP contribution in [-0.2, 0) is 0 Å². The van der Waals surface area contributed by atoms with Crippen LogP contribution in [0.2, 0.25) is 0 Å². The molecule has 3 heteroatoms. The van der Waals surface area contributed by atoms with Gasteiger partial charge in [0.05, 0.1) is 27.8 Å². The number of rotatable bonds is 4. The van der Waals surface area contributed by atoms with E-state index < -0.39 is 0 Å². The Hall–Kier alpha value is -6.32. The lowest BCUT2D eigenvalue weighted by atomic mass is 10.0. The fourth-order valence-electron chi connectivity index (χ4n) is 7.48. The molecule has 0 N–H and O–H groups in total. The van der Waals surface area contributed by atoms with Crippen molar-refractivity contribution < 1.29 is 4.42 Å². The maximum Gasteiger partial charge on any atom is 0.145 e. The van der Waals surface area contributed by atoms with E-state index in [-0.39, 0.29) is 0 Å². The lowest BCUT2D eigenvalue weighted by Crippen LogP contribution is -2.11. The van der Waals surface area contributed by atoms with Crippen molar-refractivity contribution in [1.29, 1.82) is 0 Å².